The summed E-state index contributed by atoms with van der Waals surface area (Å²) < 4.78 is 5.43. The number of ketones is 1. The molecule has 1 aliphatic heterocycles. The molecule has 0 amide bonds. The third-order valence-electron chi connectivity index (χ3n) is 3.99. The molecular formula is C19H24O4. The van der Waals surface area contributed by atoms with Crippen LogP contribution in [0, 0.1) is 6.92 Å². The van der Waals surface area contributed by atoms with Crippen LogP contribution in [0.4, 0.5) is 0 Å². The van der Waals surface area contributed by atoms with Crippen molar-refractivity contribution in [3.63, 3.8) is 0 Å². The van der Waals surface area contributed by atoms with Crippen molar-refractivity contribution < 1.29 is 19.4 Å². The molecule has 0 aromatic heterocycles. The first kappa shape index (κ1) is 17.3. The lowest BCUT2D eigenvalue weighted by molar-refractivity contribution is -0.119. The molecule has 0 fully saturated rings. The maximum Gasteiger partial charge on any atom is 0.342 e. The SMILES string of the molecule is Cc1cc(O)c2c(c1)/C=C/CCCC(=O)CCC[C@H](C)OC2=O. The Kier molecular flexibility index (Phi) is 5.97. The number of hydrogen-bond acceptors (Lipinski definition) is 4. The van der Waals surface area contributed by atoms with Gasteiger partial charge in [0.1, 0.15) is 17.1 Å². The first-order valence-corrected chi connectivity index (χ1v) is 8.20. The van der Waals surface area contributed by atoms with Crippen LogP contribution in [-0.4, -0.2) is 23.0 Å². The van der Waals surface area contributed by atoms with E-state index in [1.54, 1.807) is 6.07 Å². The first-order valence-electron chi connectivity index (χ1n) is 8.20. The second kappa shape index (κ2) is 7.95. The average molecular weight is 316 g/mol. The number of esters is 1. The van der Waals surface area contributed by atoms with Crippen LogP contribution in [0.15, 0.2) is 18.2 Å². The predicted molar refractivity (Wildman–Crippen MR) is 89.5 cm³/mol. The van der Waals surface area contributed by atoms with Crippen LogP contribution in [-0.2, 0) is 9.53 Å². The highest BCUT2D eigenvalue weighted by atomic mass is 16.5. The molecule has 1 N–H and O–H groups in total. The number of aromatic hydroxyl groups is 1. The van der Waals surface area contributed by atoms with Crippen LogP contribution in [0.2, 0.25) is 0 Å². The molecule has 1 aromatic carbocycles. The molecule has 0 unspecified atom stereocenters. The second-order valence-corrected chi connectivity index (χ2v) is 6.19. The molecule has 1 atom stereocenters. The maximum absolute atomic E-state index is 12.4. The van der Waals surface area contributed by atoms with Crippen LogP contribution < -0.4 is 0 Å². The molecule has 1 heterocycles. The van der Waals surface area contributed by atoms with Crippen molar-refractivity contribution in [1.82, 2.24) is 0 Å². The van der Waals surface area contributed by atoms with Gasteiger partial charge in [0.25, 0.3) is 0 Å². The first-order chi connectivity index (χ1) is 11.0. The minimum atomic E-state index is -0.516. The van der Waals surface area contributed by atoms with Gasteiger partial charge in [-0.25, -0.2) is 4.79 Å². The molecule has 2 rings (SSSR count). The van der Waals surface area contributed by atoms with Gasteiger partial charge in [0.2, 0.25) is 0 Å². The maximum atomic E-state index is 12.4. The monoisotopic (exact) mass is 316 g/mol. The molecule has 4 heteroatoms. The van der Waals surface area contributed by atoms with Gasteiger partial charge in [0.05, 0.1) is 6.10 Å². The van der Waals surface area contributed by atoms with E-state index >= 15 is 0 Å². The summed E-state index contributed by atoms with van der Waals surface area (Å²) in [5, 5.41) is 10.2. The Hall–Kier alpha value is -2.10. The topological polar surface area (TPSA) is 63.6 Å². The molecule has 23 heavy (non-hydrogen) atoms. The van der Waals surface area contributed by atoms with Crippen molar-refractivity contribution >= 4 is 17.8 Å². The Balaban J connectivity index is 2.32. The minimum Gasteiger partial charge on any atom is -0.507 e. The number of phenolic OH excluding ortho intramolecular Hbond substituents is 1. The minimum absolute atomic E-state index is 0.0517. The zero-order valence-corrected chi connectivity index (χ0v) is 13.8. The summed E-state index contributed by atoms with van der Waals surface area (Å²) in [4.78, 5) is 24.1. The van der Waals surface area contributed by atoms with Crippen LogP contribution in [0.3, 0.4) is 0 Å². The van der Waals surface area contributed by atoms with E-state index in [1.807, 2.05) is 32.1 Å². The molecule has 0 bridgehead atoms. The standard InChI is InChI=1S/C19H24O4/c1-13-11-15-8-4-3-5-9-16(20)10-6-7-14(2)23-19(22)18(15)17(21)12-13/h4,8,11-12,14,21H,3,5-7,9-10H2,1-2H3/b8-4+/t14-/m0/s1. The normalized spacial score (nSPS) is 21.9. The fourth-order valence-electron chi connectivity index (χ4n) is 2.79. The van der Waals surface area contributed by atoms with Gasteiger partial charge >= 0.3 is 5.97 Å². The lowest BCUT2D eigenvalue weighted by atomic mass is 10.0. The van der Waals surface area contributed by atoms with Crippen LogP contribution in [0.1, 0.15) is 66.9 Å². The number of fused-ring (bicyclic) bond motifs is 1. The predicted octanol–water partition coefficient (Wildman–Crippen LogP) is 4.18. The molecule has 1 aliphatic rings. The second-order valence-electron chi connectivity index (χ2n) is 6.19. The summed E-state index contributed by atoms with van der Waals surface area (Å²) in [7, 11) is 0. The summed E-state index contributed by atoms with van der Waals surface area (Å²) in [6.45, 7) is 3.68. The number of carbonyl (C=O) groups is 2. The van der Waals surface area contributed by atoms with Crippen LogP contribution >= 0.6 is 0 Å². The molecule has 0 saturated carbocycles. The number of rotatable bonds is 0. The molecule has 0 spiro atoms. The molecule has 4 nitrogen and oxygen atoms in total. The Morgan fingerprint density at radius 1 is 1.17 bits per heavy atom. The van der Waals surface area contributed by atoms with Crippen LogP contribution in [0.5, 0.6) is 5.75 Å². The van der Waals surface area contributed by atoms with Crippen molar-refractivity contribution in [1.29, 1.82) is 0 Å². The number of ether oxygens (including phenoxy) is 1. The summed E-state index contributed by atoms with van der Waals surface area (Å²) >= 11 is 0. The zero-order valence-electron chi connectivity index (χ0n) is 13.8. The Labute approximate surface area is 137 Å². The van der Waals surface area contributed by atoms with Gasteiger partial charge in [-0.1, -0.05) is 18.2 Å². The number of benzene rings is 1. The van der Waals surface area contributed by atoms with E-state index in [0.29, 0.717) is 24.8 Å². The molecule has 1 aromatic rings. The number of cyclic esters (lactones) is 1. The fraction of sp³-hybridized carbons (Fsp3) is 0.474. The Morgan fingerprint density at radius 2 is 1.91 bits per heavy atom. The van der Waals surface area contributed by atoms with E-state index in [0.717, 1.165) is 24.8 Å². The van der Waals surface area contributed by atoms with Crippen molar-refractivity contribution in [3.05, 3.63) is 34.9 Å². The van der Waals surface area contributed by atoms with Crippen molar-refractivity contribution in [3.8, 4) is 5.75 Å². The van der Waals surface area contributed by atoms with E-state index in [4.69, 9.17) is 4.74 Å². The summed E-state index contributed by atoms with van der Waals surface area (Å²) in [5.41, 5.74) is 1.75. The summed E-state index contributed by atoms with van der Waals surface area (Å²) in [6, 6.07) is 3.43. The Bertz CT molecular complexity index is 616. The number of carbonyl (C=O) groups excluding carboxylic acids is 2. The van der Waals surface area contributed by atoms with E-state index in [-0.39, 0.29) is 23.2 Å². The van der Waals surface area contributed by atoms with Gasteiger partial charge in [-0.05, 0) is 56.7 Å². The van der Waals surface area contributed by atoms with Gasteiger partial charge in [-0.2, -0.15) is 0 Å². The largest absolute Gasteiger partial charge is 0.507 e. The highest BCUT2D eigenvalue weighted by Gasteiger charge is 2.20. The van der Waals surface area contributed by atoms with Crippen molar-refractivity contribution in [2.45, 2.75) is 58.5 Å². The summed E-state index contributed by atoms with van der Waals surface area (Å²) in [6.07, 6.45) is 7.55. The number of phenols is 1. The van der Waals surface area contributed by atoms with Crippen molar-refractivity contribution in [2.75, 3.05) is 0 Å². The zero-order chi connectivity index (χ0) is 16.8. The lowest BCUT2D eigenvalue weighted by Gasteiger charge is -2.16. The van der Waals surface area contributed by atoms with Gasteiger partial charge < -0.3 is 9.84 Å². The fourth-order valence-corrected chi connectivity index (χ4v) is 2.79. The van der Waals surface area contributed by atoms with Crippen molar-refractivity contribution in [2.24, 2.45) is 0 Å². The Morgan fingerprint density at radius 3 is 2.70 bits per heavy atom. The van der Waals surface area contributed by atoms with Crippen LogP contribution in [0.25, 0.3) is 6.08 Å². The number of aryl methyl sites for hydroxylation is 1. The quantitative estimate of drug-likeness (QED) is 0.729. The lowest BCUT2D eigenvalue weighted by Crippen LogP contribution is -2.16. The molecule has 0 saturated heterocycles. The summed E-state index contributed by atoms with van der Waals surface area (Å²) in [5.74, 6) is -0.301. The highest BCUT2D eigenvalue weighted by Crippen LogP contribution is 2.27. The smallest absolute Gasteiger partial charge is 0.342 e. The third kappa shape index (κ3) is 4.95. The molecular weight excluding hydrogens is 292 g/mol. The highest BCUT2D eigenvalue weighted by molar-refractivity contribution is 5.96. The third-order valence-corrected chi connectivity index (χ3v) is 3.99. The number of Topliss-reactive ketones (excluding diaryl/α,β-unsaturated/α-hetero) is 1. The van der Waals surface area contributed by atoms with E-state index < -0.39 is 5.97 Å². The molecule has 124 valence electrons. The molecule has 0 aliphatic carbocycles. The van der Waals surface area contributed by atoms with E-state index in [9.17, 15) is 14.7 Å². The number of hydrogen-bond donors (Lipinski definition) is 1. The average Bonchev–Trinajstić information content (AvgIpc) is 2.45. The van der Waals surface area contributed by atoms with E-state index in [1.165, 1.54) is 0 Å². The van der Waals surface area contributed by atoms with Gasteiger partial charge in [-0.15, -0.1) is 0 Å². The van der Waals surface area contributed by atoms with Gasteiger partial charge in [-0.3, -0.25) is 4.79 Å². The van der Waals surface area contributed by atoms with Gasteiger partial charge in [0.15, 0.2) is 0 Å². The molecule has 0 radical (unpaired) electrons. The van der Waals surface area contributed by atoms with Gasteiger partial charge in [0, 0.05) is 12.8 Å². The van der Waals surface area contributed by atoms with E-state index in [2.05, 4.69) is 0 Å². The number of allylic oxidation sites excluding steroid dienone is 1.